The molecule has 0 spiro atoms. The number of aromatic amines is 1. The lowest BCUT2D eigenvalue weighted by Gasteiger charge is -2.18. The summed E-state index contributed by atoms with van der Waals surface area (Å²) < 4.78 is 5.16. The highest BCUT2D eigenvalue weighted by atomic mass is 16.3. The number of amides is 2. The van der Waals surface area contributed by atoms with E-state index in [0.717, 1.165) is 22.0 Å². The number of hydrogen-bond acceptors (Lipinski definition) is 3. The summed E-state index contributed by atoms with van der Waals surface area (Å²) in [4.78, 5) is 28.6. The Bertz CT molecular complexity index is 1100. The molecule has 146 valence electrons. The van der Waals surface area contributed by atoms with Crippen molar-refractivity contribution in [1.29, 1.82) is 0 Å². The van der Waals surface area contributed by atoms with E-state index in [1.165, 1.54) is 6.26 Å². The first-order valence-electron chi connectivity index (χ1n) is 9.42. The molecule has 4 aromatic rings. The van der Waals surface area contributed by atoms with E-state index in [0.29, 0.717) is 13.0 Å². The number of aromatic nitrogens is 1. The zero-order chi connectivity index (χ0) is 20.1. The highest BCUT2D eigenvalue weighted by Crippen LogP contribution is 2.19. The number of carbonyl (C=O) groups is 2. The van der Waals surface area contributed by atoms with Crippen LogP contribution >= 0.6 is 0 Å². The van der Waals surface area contributed by atoms with Crippen LogP contribution in [0.25, 0.3) is 10.9 Å². The van der Waals surface area contributed by atoms with Crippen LogP contribution in [0, 0.1) is 0 Å². The molecule has 2 amide bonds. The average molecular weight is 387 g/mol. The molecule has 0 bridgehead atoms. The van der Waals surface area contributed by atoms with Crippen LogP contribution in [0.15, 0.2) is 83.6 Å². The second-order valence-corrected chi connectivity index (χ2v) is 6.77. The minimum Gasteiger partial charge on any atom is -0.459 e. The maximum absolute atomic E-state index is 12.9. The van der Waals surface area contributed by atoms with Crippen molar-refractivity contribution >= 4 is 22.7 Å². The summed E-state index contributed by atoms with van der Waals surface area (Å²) in [6.45, 7) is 0.390. The van der Waals surface area contributed by atoms with E-state index >= 15 is 0 Å². The second kappa shape index (κ2) is 8.48. The van der Waals surface area contributed by atoms with E-state index in [4.69, 9.17) is 4.42 Å². The van der Waals surface area contributed by atoms with Crippen molar-refractivity contribution in [1.82, 2.24) is 15.6 Å². The molecular weight excluding hydrogens is 366 g/mol. The summed E-state index contributed by atoms with van der Waals surface area (Å²) in [5, 5.41) is 6.74. The van der Waals surface area contributed by atoms with Crippen LogP contribution < -0.4 is 10.6 Å². The molecule has 0 saturated heterocycles. The smallest absolute Gasteiger partial charge is 0.287 e. The van der Waals surface area contributed by atoms with Gasteiger partial charge in [0.15, 0.2) is 5.76 Å². The Morgan fingerprint density at radius 2 is 1.76 bits per heavy atom. The molecule has 2 aromatic carbocycles. The van der Waals surface area contributed by atoms with Crippen LogP contribution in [0.2, 0.25) is 0 Å². The van der Waals surface area contributed by atoms with Crippen LogP contribution in [-0.2, 0) is 17.8 Å². The molecule has 3 N–H and O–H groups in total. The van der Waals surface area contributed by atoms with Gasteiger partial charge >= 0.3 is 0 Å². The molecular formula is C23H21N3O3. The fraction of sp³-hybridized carbons (Fsp3) is 0.130. The second-order valence-electron chi connectivity index (χ2n) is 6.77. The van der Waals surface area contributed by atoms with Crippen molar-refractivity contribution in [3.05, 3.63) is 96.1 Å². The van der Waals surface area contributed by atoms with Crippen LogP contribution in [0.1, 0.15) is 21.7 Å². The molecule has 6 heteroatoms. The van der Waals surface area contributed by atoms with Crippen LogP contribution in [0.5, 0.6) is 0 Å². The Kier molecular flexibility index (Phi) is 5.42. The Balaban J connectivity index is 1.52. The van der Waals surface area contributed by atoms with Crippen molar-refractivity contribution in [3.8, 4) is 0 Å². The number of para-hydroxylation sites is 1. The minimum absolute atomic E-state index is 0.171. The first-order valence-corrected chi connectivity index (χ1v) is 9.42. The van der Waals surface area contributed by atoms with Gasteiger partial charge in [0.2, 0.25) is 5.91 Å². The van der Waals surface area contributed by atoms with Crippen molar-refractivity contribution in [2.45, 2.75) is 19.0 Å². The minimum atomic E-state index is -0.740. The normalized spacial score (nSPS) is 11.9. The largest absolute Gasteiger partial charge is 0.459 e. The van der Waals surface area contributed by atoms with E-state index < -0.39 is 11.9 Å². The van der Waals surface area contributed by atoms with Gasteiger partial charge in [-0.25, -0.2) is 0 Å². The monoisotopic (exact) mass is 387 g/mol. The lowest BCUT2D eigenvalue weighted by Crippen LogP contribution is -2.47. The van der Waals surface area contributed by atoms with Gasteiger partial charge in [0.05, 0.1) is 6.26 Å². The predicted octanol–water partition coefficient (Wildman–Crippen LogP) is 3.42. The molecule has 4 rings (SSSR count). The lowest BCUT2D eigenvalue weighted by molar-refractivity contribution is -0.123. The summed E-state index contributed by atoms with van der Waals surface area (Å²) in [5.74, 6) is -0.501. The molecule has 1 atom stereocenters. The highest BCUT2D eigenvalue weighted by molar-refractivity contribution is 5.96. The van der Waals surface area contributed by atoms with E-state index in [-0.39, 0.29) is 11.7 Å². The van der Waals surface area contributed by atoms with Gasteiger partial charge in [-0.1, -0.05) is 48.5 Å². The molecule has 0 unspecified atom stereocenters. The van der Waals surface area contributed by atoms with Gasteiger partial charge in [0.25, 0.3) is 5.91 Å². The average Bonchev–Trinajstić information content (AvgIpc) is 3.43. The van der Waals surface area contributed by atoms with Gasteiger partial charge in [-0.05, 0) is 29.3 Å². The summed E-state index contributed by atoms with van der Waals surface area (Å²) in [6.07, 6.45) is 3.66. The molecule has 0 aliphatic rings. The SMILES string of the molecule is O=C(N[C@@H](Cc1c[nH]c2ccccc12)C(=O)NCc1ccccc1)c1ccco1. The predicted molar refractivity (Wildman–Crippen MR) is 110 cm³/mol. The molecule has 2 heterocycles. The first kappa shape index (κ1) is 18.6. The van der Waals surface area contributed by atoms with Crippen molar-refractivity contribution < 1.29 is 14.0 Å². The lowest BCUT2D eigenvalue weighted by atomic mass is 10.0. The number of hydrogen-bond donors (Lipinski definition) is 3. The van der Waals surface area contributed by atoms with Gasteiger partial charge in [-0.3, -0.25) is 9.59 Å². The third-order valence-electron chi connectivity index (χ3n) is 4.78. The van der Waals surface area contributed by atoms with E-state index in [2.05, 4.69) is 15.6 Å². The molecule has 0 aliphatic carbocycles. The standard InChI is InChI=1S/C23H21N3O3/c27-22(25-14-16-7-2-1-3-8-16)20(26-23(28)21-11-6-12-29-21)13-17-15-24-19-10-5-4-9-18(17)19/h1-12,15,20,24H,13-14H2,(H,25,27)(H,26,28)/t20-/m0/s1. The Morgan fingerprint density at radius 1 is 0.966 bits per heavy atom. The number of H-pyrrole nitrogens is 1. The van der Waals surface area contributed by atoms with Crippen LogP contribution in [0.3, 0.4) is 0 Å². The number of fused-ring (bicyclic) bond motifs is 1. The molecule has 29 heavy (non-hydrogen) atoms. The Morgan fingerprint density at radius 3 is 2.55 bits per heavy atom. The third kappa shape index (κ3) is 4.38. The van der Waals surface area contributed by atoms with Gasteiger partial charge in [0.1, 0.15) is 6.04 Å². The van der Waals surface area contributed by atoms with Gasteiger partial charge in [-0.2, -0.15) is 0 Å². The topological polar surface area (TPSA) is 87.1 Å². The van der Waals surface area contributed by atoms with Crippen LogP contribution in [0.4, 0.5) is 0 Å². The Labute approximate surface area is 167 Å². The number of nitrogens with one attached hydrogen (secondary N) is 3. The van der Waals surface area contributed by atoms with Gasteiger partial charge in [0, 0.05) is 30.1 Å². The Hall–Kier alpha value is -3.80. The van der Waals surface area contributed by atoms with Crippen LogP contribution in [-0.4, -0.2) is 22.8 Å². The third-order valence-corrected chi connectivity index (χ3v) is 4.78. The molecule has 6 nitrogen and oxygen atoms in total. The quantitative estimate of drug-likeness (QED) is 0.454. The highest BCUT2D eigenvalue weighted by Gasteiger charge is 2.24. The van der Waals surface area contributed by atoms with Crippen molar-refractivity contribution in [3.63, 3.8) is 0 Å². The zero-order valence-electron chi connectivity index (χ0n) is 15.7. The fourth-order valence-electron chi connectivity index (χ4n) is 3.28. The maximum Gasteiger partial charge on any atom is 0.287 e. The van der Waals surface area contributed by atoms with E-state index in [1.54, 1.807) is 12.1 Å². The summed E-state index contributed by atoms with van der Waals surface area (Å²) in [7, 11) is 0. The molecule has 0 radical (unpaired) electrons. The number of carbonyl (C=O) groups excluding carboxylic acids is 2. The summed E-state index contributed by atoms with van der Waals surface area (Å²) in [6, 6.07) is 20.0. The molecule has 0 fully saturated rings. The summed E-state index contributed by atoms with van der Waals surface area (Å²) >= 11 is 0. The van der Waals surface area contributed by atoms with Gasteiger partial charge < -0.3 is 20.0 Å². The van der Waals surface area contributed by atoms with E-state index in [1.807, 2.05) is 60.8 Å². The number of benzene rings is 2. The number of rotatable bonds is 7. The summed E-state index contributed by atoms with van der Waals surface area (Å²) in [5.41, 5.74) is 2.94. The van der Waals surface area contributed by atoms with Crippen molar-refractivity contribution in [2.75, 3.05) is 0 Å². The number of furan rings is 1. The molecule has 0 saturated carbocycles. The fourth-order valence-corrected chi connectivity index (χ4v) is 3.28. The first-order chi connectivity index (χ1) is 14.2. The maximum atomic E-state index is 12.9. The van der Waals surface area contributed by atoms with Gasteiger partial charge in [-0.15, -0.1) is 0 Å². The molecule has 2 aromatic heterocycles. The van der Waals surface area contributed by atoms with E-state index in [9.17, 15) is 9.59 Å². The molecule has 0 aliphatic heterocycles. The van der Waals surface area contributed by atoms with Crippen molar-refractivity contribution in [2.24, 2.45) is 0 Å². The zero-order valence-corrected chi connectivity index (χ0v) is 15.7.